The number of hydrogen-bond acceptors (Lipinski definition) is 3. The third-order valence-electron chi connectivity index (χ3n) is 3.60. The minimum atomic E-state index is -0.205. The van der Waals surface area contributed by atoms with Crippen molar-refractivity contribution in [2.75, 3.05) is 6.54 Å². The summed E-state index contributed by atoms with van der Waals surface area (Å²) in [4.78, 5) is 22.1. The number of amides is 2. The maximum Gasteiger partial charge on any atom is 0.322 e. The van der Waals surface area contributed by atoms with Crippen LogP contribution in [0, 0.1) is 0 Å². The van der Waals surface area contributed by atoms with E-state index in [9.17, 15) is 4.79 Å². The first-order valence-electron chi connectivity index (χ1n) is 7.05. The van der Waals surface area contributed by atoms with Crippen molar-refractivity contribution in [3.05, 3.63) is 56.9 Å². The van der Waals surface area contributed by atoms with Crippen LogP contribution < -0.4 is 15.9 Å². The molecule has 0 unspecified atom stereocenters. The van der Waals surface area contributed by atoms with E-state index in [1.54, 1.807) is 29.4 Å². The van der Waals surface area contributed by atoms with Gasteiger partial charge in [-0.15, -0.1) is 0 Å². The SMILES string of the molecule is C[C@@H](NC(=O)N1C=c2ncncc2=CC1)c1ccc(Cl)c(Cl)c1. The van der Waals surface area contributed by atoms with Crippen molar-refractivity contribution < 1.29 is 4.79 Å². The number of urea groups is 1. The molecule has 23 heavy (non-hydrogen) atoms. The largest absolute Gasteiger partial charge is 0.331 e. The van der Waals surface area contributed by atoms with Gasteiger partial charge in [0, 0.05) is 24.2 Å². The van der Waals surface area contributed by atoms with Gasteiger partial charge < -0.3 is 5.32 Å². The molecule has 118 valence electrons. The topological polar surface area (TPSA) is 58.1 Å². The highest BCUT2D eigenvalue weighted by molar-refractivity contribution is 6.42. The second-order valence-electron chi connectivity index (χ2n) is 5.19. The lowest BCUT2D eigenvalue weighted by Gasteiger charge is -2.22. The van der Waals surface area contributed by atoms with E-state index >= 15 is 0 Å². The van der Waals surface area contributed by atoms with E-state index in [0.29, 0.717) is 16.6 Å². The van der Waals surface area contributed by atoms with Crippen LogP contribution in [0.4, 0.5) is 4.79 Å². The normalized spacial score (nSPS) is 14.3. The number of hydrogen-bond donors (Lipinski definition) is 1. The van der Waals surface area contributed by atoms with Gasteiger partial charge in [-0.1, -0.05) is 35.3 Å². The zero-order valence-corrected chi connectivity index (χ0v) is 13.8. The van der Waals surface area contributed by atoms with Gasteiger partial charge in [0.2, 0.25) is 0 Å². The molecule has 0 bridgehead atoms. The number of nitrogens with one attached hydrogen (secondary N) is 1. The van der Waals surface area contributed by atoms with Crippen molar-refractivity contribution in [2.45, 2.75) is 13.0 Å². The van der Waals surface area contributed by atoms with Gasteiger partial charge in [0.15, 0.2) is 0 Å². The number of rotatable bonds is 2. The smallest absolute Gasteiger partial charge is 0.322 e. The van der Waals surface area contributed by atoms with Crippen LogP contribution in [0.5, 0.6) is 0 Å². The fourth-order valence-electron chi connectivity index (χ4n) is 2.29. The Morgan fingerprint density at radius 3 is 2.96 bits per heavy atom. The minimum absolute atomic E-state index is 0.197. The molecule has 1 aliphatic heterocycles. The molecule has 0 radical (unpaired) electrons. The Morgan fingerprint density at radius 2 is 2.17 bits per heavy atom. The molecule has 1 aromatic heterocycles. The van der Waals surface area contributed by atoms with Gasteiger partial charge in [-0.25, -0.2) is 14.8 Å². The summed E-state index contributed by atoms with van der Waals surface area (Å²) in [5, 5.41) is 5.54. The van der Waals surface area contributed by atoms with Crippen molar-refractivity contribution >= 4 is 41.5 Å². The molecular formula is C16H14Cl2N4O. The summed E-state index contributed by atoms with van der Waals surface area (Å²) in [6.07, 6.45) is 6.82. The number of fused-ring (bicyclic) bond motifs is 1. The van der Waals surface area contributed by atoms with E-state index in [-0.39, 0.29) is 12.1 Å². The van der Waals surface area contributed by atoms with Gasteiger partial charge in [0.25, 0.3) is 0 Å². The lowest BCUT2D eigenvalue weighted by molar-refractivity contribution is 0.220. The molecule has 2 heterocycles. The van der Waals surface area contributed by atoms with Crippen LogP contribution in [0.15, 0.2) is 30.7 Å². The summed E-state index contributed by atoms with van der Waals surface area (Å²) in [5.41, 5.74) is 0.886. The summed E-state index contributed by atoms with van der Waals surface area (Å²) >= 11 is 11.9. The maximum atomic E-state index is 12.4. The van der Waals surface area contributed by atoms with Crippen molar-refractivity contribution in [2.24, 2.45) is 0 Å². The number of benzene rings is 1. The molecule has 1 aliphatic rings. The molecule has 7 heteroatoms. The zero-order valence-electron chi connectivity index (χ0n) is 12.3. The first kappa shape index (κ1) is 15.8. The lowest BCUT2D eigenvalue weighted by Crippen LogP contribution is -2.44. The number of carbonyl (C=O) groups excluding carboxylic acids is 1. The van der Waals surface area contributed by atoms with E-state index in [2.05, 4.69) is 15.3 Å². The van der Waals surface area contributed by atoms with Gasteiger partial charge >= 0.3 is 6.03 Å². The van der Waals surface area contributed by atoms with E-state index < -0.39 is 0 Å². The number of halogens is 2. The molecule has 0 spiro atoms. The Labute approximate surface area is 143 Å². The molecular weight excluding hydrogens is 335 g/mol. The van der Waals surface area contributed by atoms with Crippen molar-refractivity contribution in [1.29, 1.82) is 0 Å². The van der Waals surface area contributed by atoms with E-state index in [1.807, 2.05) is 19.1 Å². The lowest BCUT2D eigenvalue weighted by atomic mass is 10.1. The van der Waals surface area contributed by atoms with Gasteiger partial charge in [-0.2, -0.15) is 0 Å². The molecule has 1 N–H and O–H groups in total. The van der Waals surface area contributed by atoms with Crippen molar-refractivity contribution in [3.8, 4) is 0 Å². The Bertz CT molecular complexity index is 869. The fourth-order valence-corrected chi connectivity index (χ4v) is 2.59. The standard InChI is InChI=1S/C16H14Cl2N4O/c1-10(11-2-3-13(17)14(18)6-11)21-16(23)22-5-4-12-7-19-9-20-15(12)8-22/h2-4,6-10H,5H2,1H3,(H,21,23)/t10-/m1/s1. The molecule has 5 nitrogen and oxygen atoms in total. The Kier molecular flexibility index (Phi) is 4.50. The average Bonchev–Trinajstić information content (AvgIpc) is 2.56. The molecule has 0 saturated heterocycles. The molecule has 0 aliphatic carbocycles. The molecule has 1 aromatic carbocycles. The average molecular weight is 349 g/mol. The van der Waals surface area contributed by atoms with Gasteiger partial charge in [-0.3, -0.25) is 4.90 Å². The van der Waals surface area contributed by atoms with Crippen LogP contribution in [0.2, 0.25) is 10.0 Å². The monoisotopic (exact) mass is 348 g/mol. The first-order chi connectivity index (χ1) is 11.0. The van der Waals surface area contributed by atoms with Crippen LogP contribution in [0.3, 0.4) is 0 Å². The van der Waals surface area contributed by atoms with Crippen LogP contribution in [0.25, 0.3) is 12.3 Å². The van der Waals surface area contributed by atoms with Gasteiger partial charge in [0.1, 0.15) is 6.33 Å². The van der Waals surface area contributed by atoms with Gasteiger partial charge in [-0.05, 0) is 24.6 Å². The number of aromatic nitrogens is 2. The molecule has 2 amide bonds. The Hall–Kier alpha value is -2.11. The molecule has 0 saturated carbocycles. The maximum absolute atomic E-state index is 12.4. The highest BCUT2D eigenvalue weighted by Crippen LogP contribution is 2.25. The van der Waals surface area contributed by atoms with Crippen molar-refractivity contribution in [3.63, 3.8) is 0 Å². The first-order valence-corrected chi connectivity index (χ1v) is 7.80. The van der Waals surface area contributed by atoms with Crippen LogP contribution in [0.1, 0.15) is 18.5 Å². The predicted octanol–water partition coefficient (Wildman–Crippen LogP) is 2.09. The summed E-state index contributed by atoms with van der Waals surface area (Å²) in [6, 6.07) is 4.91. The molecule has 1 atom stereocenters. The van der Waals surface area contributed by atoms with E-state index in [4.69, 9.17) is 23.2 Å². The van der Waals surface area contributed by atoms with Crippen LogP contribution >= 0.6 is 23.2 Å². The van der Waals surface area contributed by atoms with Gasteiger partial charge in [0.05, 0.1) is 21.4 Å². The third kappa shape index (κ3) is 3.46. The van der Waals surface area contributed by atoms with Crippen LogP contribution in [-0.2, 0) is 0 Å². The highest BCUT2D eigenvalue weighted by atomic mass is 35.5. The second kappa shape index (κ2) is 6.56. The van der Waals surface area contributed by atoms with E-state index in [0.717, 1.165) is 16.1 Å². The van der Waals surface area contributed by atoms with Crippen molar-refractivity contribution in [1.82, 2.24) is 20.2 Å². The molecule has 0 fully saturated rings. The quantitative estimate of drug-likeness (QED) is 0.903. The third-order valence-corrected chi connectivity index (χ3v) is 4.34. The van der Waals surface area contributed by atoms with Crippen LogP contribution in [-0.4, -0.2) is 27.4 Å². The highest BCUT2D eigenvalue weighted by Gasteiger charge is 2.16. The Balaban J connectivity index is 1.74. The molecule has 2 aromatic rings. The summed E-state index contributed by atoms with van der Waals surface area (Å²) < 4.78 is 0. The van der Waals surface area contributed by atoms with E-state index in [1.165, 1.54) is 6.33 Å². The second-order valence-corrected chi connectivity index (χ2v) is 6.01. The number of nitrogens with zero attached hydrogens (tertiary/aromatic N) is 3. The Morgan fingerprint density at radius 1 is 1.35 bits per heavy atom. The zero-order chi connectivity index (χ0) is 16.4. The minimum Gasteiger partial charge on any atom is -0.331 e. The fraction of sp³-hybridized carbons (Fsp3) is 0.188. The number of carbonyl (C=O) groups is 1. The molecule has 3 rings (SSSR count). The summed E-state index contributed by atoms with van der Waals surface area (Å²) in [7, 11) is 0. The summed E-state index contributed by atoms with van der Waals surface area (Å²) in [6.45, 7) is 2.36. The predicted molar refractivity (Wildman–Crippen MR) is 90.3 cm³/mol. The summed E-state index contributed by atoms with van der Waals surface area (Å²) in [5.74, 6) is 0.